The lowest BCUT2D eigenvalue weighted by Gasteiger charge is -2.26. The molecule has 2 rings (SSSR count). The third-order valence-electron chi connectivity index (χ3n) is 6.69. The average Bonchev–Trinajstić information content (AvgIpc) is 3.14. The fourth-order valence-electron chi connectivity index (χ4n) is 4.13. The molecule has 1 amide bonds. The number of anilines is 1. The van der Waals surface area contributed by atoms with Gasteiger partial charge >= 0.3 is 12.1 Å². The molecule has 1 aliphatic rings. The molecule has 42 heavy (non-hydrogen) atoms. The highest BCUT2D eigenvalue weighted by atomic mass is 19.1. The number of carbonyl (C=O) groups is 2. The minimum Gasteiger partial charge on any atom is -0.443 e. The van der Waals surface area contributed by atoms with Crippen LogP contribution in [0.1, 0.15) is 91.1 Å². The SMILES string of the molecule is COC(C)(C)OC(=O)c1ccc(N(C)C(=O)OC(C)(C)C)cc1/C=C/CC1OC(C)(C)OC1C/C(F)=C\[C@@H](C)C(C)O. The molecule has 0 bridgehead atoms. The quantitative estimate of drug-likeness (QED) is 0.221. The van der Waals surface area contributed by atoms with Gasteiger partial charge in [-0.25, -0.2) is 14.0 Å². The van der Waals surface area contributed by atoms with Crippen LogP contribution in [0.15, 0.2) is 36.2 Å². The summed E-state index contributed by atoms with van der Waals surface area (Å²) in [4.78, 5) is 27.1. The molecule has 1 fully saturated rings. The Bertz CT molecular complexity index is 1150. The van der Waals surface area contributed by atoms with Gasteiger partial charge in [0.15, 0.2) is 5.79 Å². The van der Waals surface area contributed by atoms with Crippen LogP contribution in [0.25, 0.3) is 6.08 Å². The smallest absolute Gasteiger partial charge is 0.414 e. The van der Waals surface area contributed by atoms with Crippen LogP contribution in [0, 0.1) is 5.92 Å². The number of hydrogen-bond donors (Lipinski definition) is 1. The molecule has 236 valence electrons. The predicted octanol–water partition coefficient (Wildman–Crippen LogP) is 6.78. The van der Waals surface area contributed by atoms with E-state index in [1.54, 1.807) is 93.6 Å². The first-order valence-corrected chi connectivity index (χ1v) is 14.2. The Morgan fingerprint density at radius 1 is 1.12 bits per heavy atom. The minimum absolute atomic E-state index is 0.00115. The Hall–Kier alpha value is -2.79. The Morgan fingerprint density at radius 2 is 1.74 bits per heavy atom. The number of rotatable bonds is 11. The van der Waals surface area contributed by atoms with Crippen LogP contribution >= 0.6 is 0 Å². The number of benzene rings is 1. The molecule has 0 radical (unpaired) electrons. The van der Waals surface area contributed by atoms with Crippen LogP contribution < -0.4 is 4.90 Å². The Labute approximate surface area is 249 Å². The molecule has 0 aromatic heterocycles. The van der Waals surface area contributed by atoms with Crippen LogP contribution in [0.3, 0.4) is 0 Å². The van der Waals surface area contributed by atoms with Gasteiger partial charge in [0.1, 0.15) is 5.60 Å². The number of carbonyl (C=O) groups excluding carboxylic acids is 2. The lowest BCUT2D eigenvalue weighted by molar-refractivity contribution is -0.160. The van der Waals surface area contributed by atoms with Crippen molar-refractivity contribution in [2.45, 2.75) is 111 Å². The molecule has 1 aliphatic heterocycles. The molecule has 1 aromatic carbocycles. The summed E-state index contributed by atoms with van der Waals surface area (Å²) >= 11 is 0. The molecule has 9 nitrogen and oxygen atoms in total. The van der Waals surface area contributed by atoms with Crippen molar-refractivity contribution < 1.29 is 42.8 Å². The number of halogens is 1. The van der Waals surface area contributed by atoms with Crippen LogP contribution in [0.2, 0.25) is 0 Å². The largest absolute Gasteiger partial charge is 0.443 e. The molecule has 4 atom stereocenters. The van der Waals surface area contributed by atoms with Gasteiger partial charge in [0, 0.05) is 46.0 Å². The van der Waals surface area contributed by atoms with Crippen LogP contribution in [0.4, 0.5) is 14.9 Å². The lowest BCUT2D eigenvalue weighted by Crippen LogP contribution is -2.34. The second-order valence-electron chi connectivity index (χ2n) is 12.6. The van der Waals surface area contributed by atoms with E-state index in [-0.39, 0.29) is 23.7 Å². The molecule has 0 spiro atoms. The summed E-state index contributed by atoms with van der Waals surface area (Å²) in [6.07, 6.45) is 3.06. The summed E-state index contributed by atoms with van der Waals surface area (Å²) < 4.78 is 43.1. The van der Waals surface area contributed by atoms with E-state index in [9.17, 15) is 19.1 Å². The molecular weight excluding hydrogens is 545 g/mol. The van der Waals surface area contributed by atoms with Crippen molar-refractivity contribution in [2.24, 2.45) is 5.92 Å². The normalized spacial score (nSPS) is 20.8. The van der Waals surface area contributed by atoms with Crippen molar-refractivity contribution in [1.29, 1.82) is 0 Å². The first kappa shape index (κ1) is 35.4. The van der Waals surface area contributed by atoms with Crippen molar-refractivity contribution in [1.82, 2.24) is 0 Å². The standard InChI is InChI=1S/C32H48FNO8/c1-20(21(2)35)17-23(33)19-27-26(39-32(8,9)40-27)14-12-13-22-18-24(34(10)29(37)42-30(3,4)5)15-16-25(22)28(36)41-31(6,7)38-11/h12-13,15-18,20-21,26-27,35H,14,19H2,1-11H3/b13-12+,23-17+/t20-,21?,26?,27?/m1/s1. The number of nitrogens with zero attached hydrogens (tertiary/aromatic N) is 1. The minimum atomic E-state index is -1.15. The van der Waals surface area contributed by atoms with Crippen molar-refractivity contribution in [3.05, 3.63) is 47.3 Å². The average molecular weight is 594 g/mol. The Balaban J connectivity index is 2.36. The van der Waals surface area contributed by atoms with Gasteiger partial charge < -0.3 is 28.8 Å². The number of amides is 1. The molecule has 0 saturated carbocycles. The zero-order chi connectivity index (χ0) is 32.0. The van der Waals surface area contributed by atoms with Crippen LogP contribution in [0.5, 0.6) is 0 Å². The maximum absolute atomic E-state index is 14.8. The predicted molar refractivity (Wildman–Crippen MR) is 160 cm³/mol. The zero-order valence-corrected chi connectivity index (χ0v) is 26.8. The van der Waals surface area contributed by atoms with Gasteiger partial charge in [0.2, 0.25) is 5.79 Å². The van der Waals surface area contributed by atoms with Gasteiger partial charge in [0.25, 0.3) is 0 Å². The Kier molecular flexibility index (Phi) is 11.9. The van der Waals surface area contributed by atoms with Gasteiger partial charge in [-0.3, -0.25) is 4.90 Å². The van der Waals surface area contributed by atoms with E-state index in [0.717, 1.165) is 0 Å². The van der Waals surface area contributed by atoms with E-state index in [4.69, 9.17) is 23.7 Å². The monoisotopic (exact) mass is 593 g/mol. The third kappa shape index (κ3) is 10.8. The highest BCUT2D eigenvalue weighted by Crippen LogP contribution is 2.34. The molecular formula is C32H48FNO8. The maximum atomic E-state index is 14.8. The van der Waals surface area contributed by atoms with Gasteiger partial charge in [-0.1, -0.05) is 19.1 Å². The Morgan fingerprint density at radius 3 is 2.31 bits per heavy atom. The second kappa shape index (κ2) is 14.1. The topological polar surface area (TPSA) is 104 Å². The third-order valence-corrected chi connectivity index (χ3v) is 6.69. The fraction of sp³-hybridized carbons (Fsp3) is 0.625. The number of methoxy groups -OCH3 is 1. The zero-order valence-electron chi connectivity index (χ0n) is 26.8. The first-order chi connectivity index (χ1) is 19.2. The molecule has 0 aliphatic carbocycles. The van der Waals surface area contributed by atoms with E-state index in [0.29, 0.717) is 17.7 Å². The highest BCUT2D eigenvalue weighted by molar-refractivity contribution is 5.96. The van der Waals surface area contributed by atoms with Crippen molar-refractivity contribution in [3.8, 4) is 0 Å². The van der Waals surface area contributed by atoms with Crippen molar-refractivity contribution in [3.63, 3.8) is 0 Å². The lowest BCUT2D eigenvalue weighted by atomic mass is 10.0. The van der Waals surface area contributed by atoms with Gasteiger partial charge in [-0.2, -0.15) is 0 Å². The molecule has 1 saturated heterocycles. The van der Waals surface area contributed by atoms with Gasteiger partial charge in [0.05, 0.1) is 29.7 Å². The molecule has 1 heterocycles. The first-order valence-electron chi connectivity index (χ1n) is 14.2. The van der Waals surface area contributed by atoms with Gasteiger partial charge in [-0.15, -0.1) is 0 Å². The number of hydrogen-bond acceptors (Lipinski definition) is 8. The second-order valence-corrected chi connectivity index (χ2v) is 12.6. The summed E-state index contributed by atoms with van der Waals surface area (Å²) in [7, 11) is 3.03. The van der Waals surface area contributed by atoms with E-state index in [1.807, 2.05) is 6.08 Å². The number of ether oxygens (including phenoxy) is 5. The highest BCUT2D eigenvalue weighted by Gasteiger charge is 2.41. The number of aliphatic hydroxyl groups excluding tert-OH is 1. The summed E-state index contributed by atoms with van der Waals surface area (Å²) in [5.41, 5.74) is 0.580. The summed E-state index contributed by atoms with van der Waals surface area (Å²) in [6, 6.07) is 4.89. The van der Waals surface area contributed by atoms with E-state index < -0.39 is 47.5 Å². The fourth-order valence-corrected chi connectivity index (χ4v) is 4.13. The van der Waals surface area contributed by atoms with Crippen molar-refractivity contribution in [2.75, 3.05) is 19.1 Å². The summed E-state index contributed by atoms with van der Waals surface area (Å²) in [6.45, 7) is 15.5. The maximum Gasteiger partial charge on any atom is 0.414 e. The molecule has 3 unspecified atom stereocenters. The van der Waals surface area contributed by atoms with E-state index >= 15 is 0 Å². The van der Waals surface area contributed by atoms with Crippen molar-refractivity contribution >= 4 is 23.8 Å². The molecule has 10 heteroatoms. The molecule has 1 aromatic rings. The summed E-state index contributed by atoms with van der Waals surface area (Å²) in [5, 5.41) is 9.72. The van der Waals surface area contributed by atoms with Crippen LogP contribution in [-0.2, 0) is 23.7 Å². The van der Waals surface area contributed by atoms with Gasteiger partial charge in [-0.05, 0) is 77.8 Å². The van der Waals surface area contributed by atoms with E-state index in [2.05, 4.69) is 0 Å². The molecule has 1 N–H and O–H groups in total. The van der Waals surface area contributed by atoms with E-state index in [1.165, 1.54) is 18.1 Å². The number of esters is 1. The van der Waals surface area contributed by atoms with Crippen LogP contribution in [-0.4, -0.2) is 66.8 Å². The number of aliphatic hydroxyl groups is 1. The summed E-state index contributed by atoms with van der Waals surface area (Å²) in [5.74, 6) is -3.39.